The highest BCUT2D eigenvalue weighted by molar-refractivity contribution is 5.79. The fourth-order valence-corrected chi connectivity index (χ4v) is 1.80. The van der Waals surface area contributed by atoms with Crippen LogP contribution in [-0.2, 0) is 16.0 Å². The molecule has 0 saturated carbocycles. The van der Waals surface area contributed by atoms with E-state index in [1.54, 1.807) is 14.2 Å². The Morgan fingerprint density at radius 3 is 2.83 bits per heavy atom. The number of guanidine groups is 1. The molecule has 126 valence electrons. The van der Waals surface area contributed by atoms with Crippen LogP contribution >= 0.6 is 0 Å². The summed E-state index contributed by atoms with van der Waals surface area (Å²) < 4.78 is 23.9. The molecule has 6 nitrogen and oxygen atoms in total. The van der Waals surface area contributed by atoms with E-state index in [0.717, 1.165) is 6.42 Å². The first-order valence-electron chi connectivity index (χ1n) is 7.41. The number of methoxy groups -OCH3 is 1. The molecule has 0 aromatic heterocycles. The molecular weight excluding hydrogens is 299 g/mol. The van der Waals surface area contributed by atoms with Gasteiger partial charge in [-0.3, -0.25) is 4.99 Å². The molecule has 1 rings (SSSR count). The summed E-state index contributed by atoms with van der Waals surface area (Å²) in [5.41, 5.74) is 0.856. The van der Waals surface area contributed by atoms with E-state index in [9.17, 15) is 4.39 Å². The van der Waals surface area contributed by atoms with Crippen LogP contribution in [0.5, 0.6) is 0 Å². The largest absolute Gasteiger partial charge is 0.382 e. The molecule has 0 spiro atoms. The number of hydrogen-bond acceptors (Lipinski definition) is 4. The van der Waals surface area contributed by atoms with Gasteiger partial charge in [0.15, 0.2) is 5.96 Å². The molecule has 1 aromatic carbocycles. The van der Waals surface area contributed by atoms with Crippen molar-refractivity contribution < 1.29 is 13.9 Å². The van der Waals surface area contributed by atoms with Crippen LogP contribution in [0.15, 0.2) is 23.2 Å². The quantitative estimate of drug-likeness (QED) is 0.408. The van der Waals surface area contributed by atoms with Crippen molar-refractivity contribution >= 4 is 5.96 Å². The standard InChI is InChI=1S/C16H23FN4O2/c1-19-16(20-6-3-7-23-9-8-22-2)21-12-14-10-13(11-18)4-5-15(14)17/h4-5,10H,3,6-9,12H2,1-2H3,(H2,19,20,21). The summed E-state index contributed by atoms with van der Waals surface area (Å²) >= 11 is 0. The molecular formula is C16H23FN4O2. The van der Waals surface area contributed by atoms with Crippen LogP contribution in [-0.4, -0.2) is 46.5 Å². The third-order valence-electron chi connectivity index (χ3n) is 3.03. The smallest absolute Gasteiger partial charge is 0.191 e. The van der Waals surface area contributed by atoms with Crippen LogP contribution in [0, 0.1) is 17.1 Å². The van der Waals surface area contributed by atoms with Gasteiger partial charge in [-0.2, -0.15) is 5.26 Å². The van der Waals surface area contributed by atoms with Crippen molar-refractivity contribution in [3.63, 3.8) is 0 Å². The first kappa shape index (κ1) is 18.9. The maximum absolute atomic E-state index is 13.7. The van der Waals surface area contributed by atoms with E-state index in [1.165, 1.54) is 18.2 Å². The Kier molecular flexibility index (Phi) is 9.36. The zero-order chi connectivity index (χ0) is 16.9. The monoisotopic (exact) mass is 322 g/mol. The first-order valence-corrected chi connectivity index (χ1v) is 7.41. The van der Waals surface area contributed by atoms with E-state index < -0.39 is 0 Å². The van der Waals surface area contributed by atoms with Gasteiger partial charge in [0.25, 0.3) is 0 Å². The predicted molar refractivity (Wildman–Crippen MR) is 86.6 cm³/mol. The van der Waals surface area contributed by atoms with Gasteiger partial charge in [-0.1, -0.05) is 0 Å². The topological polar surface area (TPSA) is 78.7 Å². The number of ether oxygens (including phenoxy) is 2. The number of hydrogen-bond donors (Lipinski definition) is 2. The Balaban J connectivity index is 2.31. The van der Waals surface area contributed by atoms with Crippen molar-refractivity contribution in [2.24, 2.45) is 4.99 Å². The van der Waals surface area contributed by atoms with Gasteiger partial charge in [0, 0.05) is 39.4 Å². The molecule has 0 heterocycles. The fourth-order valence-electron chi connectivity index (χ4n) is 1.80. The van der Waals surface area contributed by atoms with Crippen molar-refractivity contribution in [2.75, 3.05) is 40.5 Å². The molecule has 0 fully saturated rings. The Bertz CT molecular complexity index is 543. The Labute approximate surface area is 136 Å². The van der Waals surface area contributed by atoms with E-state index >= 15 is 0 Å². The second-order valence-electron chi connectivity index (χ2n) is 4.73. The Morgan fingerprint density at radius 2 is 2.13 bits per heavy atom. The Morgan fingerprint density at radius 1 is 1.30 bits per heavy atom. The van der Waals surface area contributed by atoms with Gasteiger partial charge >= 0.3 is 0 Å². The predicted octanol–water partition coefficient (Wildman–Crippen LogP) is 1.42. The van der Waals surface area contributed by atoms with Crippen molar-refractivity contribution in [2.45, 2.75) is 13.0 Å². The summed E-state index contributed by atoms with van der Waals surface area (Å²) in [4.78, 5) is 4.07. The van der Waals surface area contributed by atoms with E-state index in [4.69, 9.17) is 14.7 Å². The van der Waals surface area contributed by atoms with Crippen LogP contribution in [0.25, 0.3) is 0 Å². The van der Waals surface area contributed by atoms with Crippen molar-refractivity contribution in [1.29, 1.82) is 5.26 Å². The third-order valence-corrected chi connectivity index (χ3v) is 3.03. The molecule has 2 N–H and O–H groups in total. The highest BCUT2D eigenvalue weighted by atomic mass is 19.1. The molecule has 7 heteroatoms. The number of benzene rings is 1. The molecule has 23 heavy (non-hydrogen) atoms. The number of nitrogens with zero attached hydrogens (tertiary/aromatic N) is 2. The molecule has 0 amide bonds. The summed E-state index contributed by atoms with van der Waals surface area (Å²) in [6, 6.07) is 6.27. The molecule has 0 unspecified atom stereocenters. The average Bonchev–Trinajstić information content (AvgIpc) is 2.58. The number of aliphatic imine (C=N–C) groups is 1. The van der Waals surface area contributed by atoms with Gasteiger partial charge in [0.2, 0.25) is 0 Å². The lowest BCUT2D eigenvalue weighted by Crippen LogP contribution is -2.37. The van der Waals surface area contributed by atoms with Gasteiger partial charge in [-0.15, -0.1) is 0 Å². The lowest BCUT2D eigenvalue weighted by Gasteiger charge is -2.12. The molecule has 0 atom stereocenters. The molecule has 0 aliphatic heterocycles. The second-order valence-corrected chi connectivity index (χ2v) is 4.73. The summed E-state index contributed by atoms with van der Waals surface area (Å²) in [6.07, 6.45) is 0.822. The second kappa shape index (κ2) is 11.4. The lowest BCUT2D eigenvalue weighted by atomic mass is 10.1. The van der Waals surface area contributed by atoms with Crippen LogP contribution in [0.3, 0.4) is 0 Å². The molecule has 0 aliphatic carbocycles. The van der Waals surface area contributed by atoms with E-state index in [0.29, 0.717) is 43.5 Å². The van der Waals surface area contributed by atoms with Crippen LogP contribution < -0.4 is 10.6 Å². The average molecular weight is 322 g/mol. The number of nitriles is 1. The van der Waals surface area contributed by atoms with Crippen LogP contribution in [0.4, 0.5) is 4.39 Å². The maximum atomic E-state index is 13.7. The van der Waals surface area contributed by atoms with E-state index in [2.05, 4.69) is 15.6 Å². The van der Waals surface area contributed by atoms with Crippen LogP contribution in [0.2, 0.25) is 0 Å². The zero-order valence-corrected chi connectivity index (χ0v) is 13.6. The molecule has 0 radical (unpaired) electrons. The minimum absolute atomic E-state index is 0.255. The Hall–Kier alpha value is -2.17. The number of nitrogens with one attached hydrogen (secondary N) is 2. The first-order chi connectivity index (χ1) is 11.2. The highest BCUT2D eigenvalue weighted by Crippen LogP contribution is 2.09. The van der Waals surface area contributed by atoms with Crippen LogP contribution in [0.1, 0.15) is 17.5 Å². The third kappa shape index (κ3) is 7.58. The SMILES string of the molecule is CN=C(NCCCOCCOC)NCc1cc(C#N)ccc1F. The van der Waals surface area contributed by atoms with Crippen molar-refractivity contribution in [1.82, 2.24) is 10.6 Å². The van der Waals surface area contributed by atoms with E-state index in [-0.39, 0.29) is 12.4 Å². The van der Waals surface area contributed by atoms with Gasteiger partial charge in [0.05, 0.1) is 24.8 Å². The van der Waals surface area contributed by atoms with Gasteiger partial charge in [-0.05, 0) is 24.6 Å². The van der Waals surface area contributed by atoms with E-state index in [1.807, 2.05) is 6.07 Å². The number of rotatable bonds is 9. The number of halogens is 1. The molecule has 0 bridgehead atoms. The summed E-state index contributed by atoms with van der Waals surface area (Å²) in [6.45, 7) is 2.74. The zero-order valence-electron chi connectivity index (χ0n) is 13.6. The van der Waals surface area contributed by atoms with Crippen molar-refractivity contribution in [3.05, 3.63) is 35.1 Å². The van der Waals surface area contributed by atoms with Gasteiger partial charge in [0.1, 0.15) is 5.82 Å². The minimum atomic E-state index is -0.349. The van der Waals surface area contributed by atoms with Crippen molar-refractivity contribution in [3.8, 4) is 6.07 Å². The highest BCUT2D eigenvalue weighted by Gasteiger charge is 2.05. The summed E-state index contributed by atoms with van der Waals surface area (Å²) in [5.74, 6) is 0.224. The lowest BCUT2D eigenvalue weighted by molar-refractivity contribution is 0.0698. The fraction of sp³-hybridized carbons (Fsp3) is 0.500. The van der Waals surface area contributed by atoms with Gasteiger partial charge in [-0.25, -0.2) is 4.39 Å². The molecule has 0 saturated heterocycles. The summed E-state index contributed by atoms with van der Waals surface area (Å²) in [5, 5.41) is 15.0. The normalized spacial score (nSPS) is 11.1. The maximum Gasteiger partial charge on any atom is 0.191 e. The van der Waals surface area contributed by atoms with Gasteiger partial charge < -0.3 is 20.1 Å². The summed E-state index contributed by atoms with van der Waals surface area (Å²) in [7, 11) is 3.28. The minimum Gasteiger partial charge on any atom is -0.382 e. The molecule has 0 aliphatic rings. The molecule has 1 aromatic rings.